The second-order valence-electron chi connectivity index (χ2n) is 8.77. The number of esters is 2. The Hall–Kier alpha value is -0.400. The number of thioether (sulfide) groups is 2. The van der Waals surface area contributed by atoms with Gasteiger partial charge in [0.15, 0.2) is 12.2 Å². The van der Waals surface area contributed by atoms with Gasteiger partial charge in [-0.1, -0.05) is 90.4 Å². The maximum Gasteiger partial charge on any atom is 0.347 e. The van der Waals surface area contributed by atoms with Gasteiger partial charge in [0.1, 0.15) is 0 Å². The van der Waals surface area contributed by atoms with Gasteiger partial charge in [0, 0.05) is 6.42 Å². The Morgan fingerprint density at radius 3 is 1.64 bits per heavy atom. The Labute approximate surface area is 211 Å². The number of unbranched alkanes of at least 4 members (excludes halogenated alkanes) is 13. The van der Waals surface area contributed by atoms with E-state index in [9.17, 15) is 14.7 Å². The first-order valence-electron chi connectivity index (χ1n) is 13.1. The van der Waals surface area contributed by atoms with Crippen molar-refractivity contribution in [1.82, 2.24) is 0 Å². The molecule has 0 aliphatic rings. The Morgan fingerprint density at radius 1 is 0.697 bits per heavy atom. The molecule has 0 spiro atoms. The molecule has 0 aromatic rings. The highest BCUT2D eigenvalue weighted by molar-refractivity contribution is 7.98. The summed E-state index contributed by atoms with van der Waals surface area (Å²) in [6, 6.07) is 0. The van der Waals surface area contributed by atoms with Gasteiger partial charge in [-0.2, -0.15) is 23.5 Å². The molecule has 0 aromatic heterocycles. The Kier molecular flexibility index (Phi) is 24.4. The van der Waals surface area contributed by atoms with Crippen molar-refractivity contribution in [3.63, 3.8) is 0 Å². The van der Waals surface area contributed by atoms with Crippen molar-refractivity contribution in [2.24, 2.45) is 0 Å². The molecule has 0 bridgehead atoms. The van der Waals surface area contributed by atoms with E-state index in [4.69, 9.17) is 9.47 Å². The zero-order chi connectivity index (χ0) is 24.6. The molecule has 0 rings (SSSR count). The number of carbonyl (C=O) groups excluding carboxylic acids is 2. The molecule has 0 radical (unpaired) electrons. The van der Waals surface area contributed by atoms with Gasteiger partial charge >= 0.3 is 11.9 Å². The maximum absolute atomic E-state index is 12.4. The van der Waals surface area contributed by atoms with Crippen molar-refractivity contribution >= 4 is 35.5 Å². The molecule has 2 unspecified atom stereocenters. The number of hydrogen-bond acceptors (Lipinski definition) is 7. The quantitative estimate of drug-likeness (QED) is 0.114. The third-order valence-corrected chi connectivity index (χ3v) is 7.00. The van der Waals surface area contributed by atoms with Gasteiger partial charge in [-0.05, 0) is 36.9 Å². The first kappa shape index (κ1) is 32.6. The zero-order valence-corrected chi connectivity index (χ0v) is 23.1. The fourth-order valence-electron chi connectivity index (χ4n) is 3.58. The normalized spacial score (nSPS) is 13.0. The van der Waals surface area contributed by atoms with Crippen LogP contribution in [-0.4, -0.2) is 59.9 Å². The maximum atomic E-state index is 12.4. The third kappa shape index (κ3) is 20.7. The van der Waals surface area contributed by atoms with Crippen molar-refractivity contribution < 1.29 is 24.2 Å². The van der Waals surface area contributed by atoms with Gasteiger partial charge in [-0.3, -0.25) is 0 Å². The average molecular weight is 507 g/mol. The minimum absolute atomic E-state index is 0.323. The van der Waals surface area contributed by atoms with Crippen LogP contribution in [0.2, 0.25) is 0 Å². The molecule has 0 saturated heterocycles. The minimum atomic E-state index is -1.19. The molecule has 0 saturated carbocycles. The molecule has 7 heteroatoms. The lowest BCUT2D eigenvalue weighted by atomic mass is 10.0. The van der Waals surface area contributed by atoms with Crippen LogP contribution in [0.4, 0.5) is 0 Å². The lowest BCUT2D eigenvalue weighted by Crippen LogP contribution is -2.34. The van der Waals surface area contributed by atoms with Crippen LogP contribution in [0.1, 0.15) is 110 Å². The average Bonchev–Trinajstić information content (AvgIpc) is 2.82. The smallest absolute Gasteiger partial charge is 0.347 e. The summed E-state index contributed by atoms with van der Waals surface area (Å²) in [6.45, 7) is 2.62. The minimum Gasteiger partial charge on any atom is -0.463 e. The first-order valence-corrected chi connectivity index (χ1v) is 15.9. The van der Waals surface area contributed by atoms with Gasteiger partial charge in [0.2, 0.25) is 0 Å². The van der Waals surface area contributed by atoms with Gasteiger partial charge in [-0.15, -0.1) is 0 Å². The van der Waals surface area contributed by atoms with Gasteiger partial charge in [0.05, 0.1) is 6.61 Å². The fourth-order valence-corrected chi connectivity index (χ4v) is 4.49. The summed E-state index contributed by atoms with van der Waals surface area (Å²) in [6.07, 6.45) is 20.4. The Morgan fingerprint density at radius 2 is 1.15 bits per heavy atom. The summed E-state index contributed by atoms with van der Waals surface area (Å²) in [5, 5.41) is 9.88. The van der Waals surface area contributed by atoms with Crippen LogP contribution in [0, 0.1) is 0 Å². The van der Waals surface area contributed by atoms with Crippen molar-refractivity contribution in [3.8, 4) is 0 Å². The van der Waals surface area contributed by atoms with Crippen molar-refractivity contribution in [2.75, 3.05) is 30.6 Å². The molecule has 196 valence electrons. The van der Waals surface area contributed by atoms with E-state index in [2.05, 4.69) is 6.92 Å². The molecule has 1 N–H and O–H groups in total. The van der Waals surface area contributed by atoms with Crippen molar-refractivity contribution in [3.05, 3.63) is 0 Å². The SMILES string of the molecule is CCCCCCCCCCCCCCCCOC(=O)C(CCSC)OC(=O)C(O)CCSC. The molecule has 33 heavy (non-hydrogen) atoms. The summed E-state index contributed by atoms with van der Waals surface area (Å²) >= 11 is 3.13. The van der Waals surface area contributed by atoms with E-state index in [1.165, 1.54) is 77.0 Å². The number of rotatable bonds is 24. The van der Waals surface area contributed by atoms with Crippen LogP contribution in [0.15, 0.2) is 0 Å². The molecule has 0 aromatic carbocycles. The van der Waals surface area contributed by atoms with E-state index in [-0.39, 0.29) is 0 Å². The molecule has 2 atom stereocenters. The number of hydrogen-bond donors (Lipinski definition) is 1. The van der Waals surface area contributed by atoms with E-state index in [1.54, 1.807) is 23.5 Å². The molecular weight excluding hydrogens is 456 g/mol. The highest BCUT2D eigenvalue weighted by atomic mass is 32.2. The van der Waals surface area contributed by atoms with Crippen LogP contribution >= 0.6 is 23.5 Å². The Bertz CT molecular complexity index is 462. The summed E-state index contributed by atoms with van der Waals surface area (Å²) < 4.78 is 10.6. The lowest BCUT2D eigenvalue weighted by Gasteiger charge is -2.18. The van der Waals surface area contributed by atoms with E-state index in [0.717, 1.165) is 12.8 Å². The fraction of sp³-hybridized carbons (Fsp3) is 0.923. The van der Waals surface area contributed by atoms with E-state index in [1.807, 2.05) is 12.5 Å². The molecular formula is C26H50O5S2. The Balaban J connectivity index is 3.80. The predicted octanol–water partition coefficient (Wildman–Crippen LogP) is 6.79. The number of carbonyl (C=O) groups is 2. The van der Waals surface area contributed by atoms with Crippen molar-refractivity contribution in [1.29, 1.82) is 0 Å². The van der Waals surface area contributed by atoms with E-state index >= 15 is 0 Å². The summed E-state index contributed by atoms with van der Waals surface area (Å²) in [7, 11) is 0. The number of ether oxygens (including phenoxy) is 2. The molecule has 0 amide bonds. The third-order valence-electron chi connectivity index (χ3n) is 5.72. The number of aliphatic hydroxyl groups excluding tert-OH is 1. The summed E-state index contributed by atoms with van der Waals surface area (Å²) in [5.74, 6) is 0.120. The molecule has 0 aliphatic heterocycles. The van der Waals surface area contributed by atoms with Gasteiger partial charge < -0.3 is 14.6 Å². The van der Waals surface area contributed by atoms with Crippen LogP contribution in [0.3, 0.4) is 0 Å². The standard InChI is InChI=1S/C26H50O5S2/c1-4-5-6-7-8-9-10-11-12-13-14-15-16-17-20-30-26(29)24(19-22-33-3)31-25(28)23(27)18-21-32-2/h23-24,27H,4-22H2,1-3H3. The van der Waals surface area contributed by atoms with E-state index in [0.29, 0.717) is 31.0 Å². The predicted molar refractivity (Wildman–Crippen MR) is 143 cm³/mol. The summed E-state index contributed by atoms with van der Waals surface area (Å²) in [5.41, 5.74) is 0. The monoisotopic (exact) mass is 506 g/mol. The summed E-state index contributed by atoms with van der Waals surface area (Å²) in [4.78, 5) is 24.4. The largest absolute Gasteiger partial charge is 0.463 e. The zero-order valence-electron chi connectivity index (χ0n) is 21.5. The molecule has 0 fully saturated rings. The van der Waals surface area contributed by atoms with Crippen LogP contribution in [-0.2, 0) is 19.1 Å². The second-order valence-corrected chi connectivity index (χ2v) is 10.7. The highest BCUT2D eigenvalue weighted by Gasteiger charge is 2.27. The van der Waals surface area contributed by atoms with Crippen LogP contribution in [0.5, 0.6) is 0 Å². The second kappa shape index (κ2) is 24.7. The highest BCUT2D eigenvalue weighted by Crippen LogP contribution is 2.14. The van der Waals surface area contributed by atoms with Crippen LogP contribution in [0.25, 0.3) is 0 Å². The van der Waals surface area contributed by atoms with Gasteiger partial charge in [0.25, 0.3) is 0 Å². The van der Waals surface area contributed by atoms with Crippen LogP contribution < -0.4 is 0 Å². The van der Waals surface area contributed by atoms with Gasteiger partial charge in [-0.25, -0.2) is 9.59 Å². The molecule has 0 heterocycles. The lowest BCUT2D eigenvalue weighted by molar-refractivity contribution is -0.173. The molecule has 0 aliphatic carbocycles. The number of aliphatic hydroxyl groups is 1. The first-order chi connectivity index (χ1) is 16.1. The topological polar surface area (TPSA) is 72.8 Å². The molecule has 5 nitrogen and oxygen atoms in total. The van der Waals surface area contributed by atoms with E-state index < -0.39 is 24.1 Å². The van der Waals surface area contributed by atoms with Crippen molar-refractivity contribution in [2.45, 2.75) is 122 Å².